The Morgan fingerprint density at radius 3 is 2.26 bits per heavy atom. The van der Waals surface area contributed by atoms with E-state index in [1.807, 2.05) is 75.0 Å². The number of methoxy groups -OCH3 is 2. The zero-order chi connectivity index (χ0) is 30.1. The summed E-state index contributed by atoms with van der Waals surface area (Å²) < 4.78 is 83.8. The number of thioether (sulfide) groups is 1. The average molecular weight is 651 g/mol. The zero-order valence-electron chi connectivity index (χ0n) is 22.8. The molecule has 0 fully saturated rings. The molecule has 0 amide bonds. The Kier molecular flexibility index (Phi) is 8.87. The Morgan fingerprint density at radius 2 is 1.60 bits per heavy atom. The van der Waals surface area contributed by atoms with Gasteiger partial charge in [0.05, 0.1) is 57.3 Å². The monoisotopic (exact) mass is 650 g/mol. The van der Waals surface area contributed by atoms with Crippen LogP contribution in [0.2, 0.25) is 0 Å². The van der Waals surface area contributed by atoms with Crippen LogP contribution >= 0.6 is 23.1 Å². The van der Waals surface area contributed by atoms with Crippen LogP contribution in [0, 0.1) is 0 Å². The maximum atomic E-state index is 11.4. The topological polar surface area (TPSA) is 145 Å². The smallest absolute Gasteiger partial charge is 0.265 e. The highest BCUT2D eigenvalue weighted by Crippen LogP contribution is 2.48. The van der Waals surface area contributed by atoms with Gasteiger partial charge in [0.2, 0.25) is 5.52 Å². The largest absolute Gasteiger partial charge is 0.748 e. The fraction of sp³-hybridized carbons (Fsp3) is 0.296. The summed E-state index contributed by atoms with van der Waals surface area (Å²) in [6, 6.07) is 13.5. The second-order valence-electron chi connectivity index (χ2n) is 9.48. The van der Waals surface area contributed by atoms with Crippen molar-refractivity contribution in [3.8, 4) is 17.2 Å². The second kappa shape index (κ2) is 12.3. The second-order valence-corrected chi connectivity index (χ2v) is 14.6. The number of nitrogens with zero attached hydrogens (tertiary/aromatic N) is 3. The highest BCUT2D eigenvalue weighted by atomic mass is 32.2. The molecule has 0 atom stereocenters. The van der Waals surface area contributed by atoms with Crippen LogP contribution in [0.15, 0.2) is 64.8 Å². The number of aryl methyl sites for hydroxylation is 1. The number of anilines is 1. The molecule has 1 aliphatic rings. The number of fused-ring (bicyclic) bond motifs is 2. The maximum absolute atomic E-state index is 11.4. The zero-order valence-corrected chi connectivity index (χ0v) is 26.0. The van der Waals surface area contributed by atoms with Gasteiger partial charge in [0, 0.05) is 53.5 Å². The van der Waals surface area contributed by atoms with Gasteiger partial charge in [-0.2, -0.15) is 4.57 Å². The third-order valence-corrected chi connectivity index (χ3v) is 10.4. The van der Waals surface area contributed by atoms with Crippen LogP contribution in [0.25, 0.3) is 22.0 Å². The molecule has 2 aromatic heterocycles. The summed E-state index contributed by atoms with van der Waals surface area (Å²) in [7, 11) is -5.70. The molecule has 0 radical (unpaired) electrons. The minimum atomic E-state index is -4.39. The van der Waals surface area contributed by atoms with E-state index in [0.29, 0.717) is 18.0 Å². The predicted octanol–water partition coefficient (Wildman–Crippen LogP) is 3.78. The summed E-state index contributed by atoms with van der Waals surface area (Å²) in [4.78, 5) is 2.96. The lowest BCUT2D eigenvalue weighted by Gasteiger charge is -2.21. The van der Waals surface area contributed by atoms with Gasteiger partial charge >= 0.3 is 0 Å². The van der Waals surface area contributed by atoms with E-state index in [2.05, 4.69) is 0 Å². The SMILES string of the molecule is COc1cc2sc(C=C3Sc4ccc(-n5cccc5)cc4N3CCCS(=O)(=O)[O-])[n+](CCCS(=O)(=O)[O-])c2cc1OC. The van der Waals surface area contributed by atoms with E-state index in [1.165, 1.54) is 30.2 Å². The van der Waals surface area contributed by atoms with Crippen molar-refractivity contribution in [3.63, 3.8) is 0 Å². The van der Waals surface area contributed by atoms with Crippen molar-refractivity contribution in [1.82, 2.24) is 4.57 Å². The van der Waals surface area contributed by atoms with Gasteiger partial charge in [0.15, 0.2) is 18.0 Å². The molecule has 5 rings (SSSR count). The Bertz CT molecular complexity index is 1850. The number of rotatable bonds is 12. The fourth-order valence-electron chi connectivity index (χ4n) is 4.77. The third kappa shape index (κ3) is 6.93. The summed E-state index contributed by atoms with van der Waals surface area (Å²) in [6.07, 6.45) is 6.07. The molecule has 0 saturated carbocycles. The number of thiazole rings is 1. The van der Waals surface area contributed by atoms with E-state index >= 15 is 0 Å². The van der Waals surface area contributed by atoms with Crippen LogP contribution in [0.5, 0.6) is 11.5 Å². The van der Waals surface area contributed by atoms with Crippen LogP contribution in [0.3, 0.4) is 0 Å². The molecular weight excluding hydrogens is 623 g/mol. The van der Waals surface area contributed by atoms with Crippen LogP contribution in [0.1, 0.15) is 17.8 Å². The molecule has 0 bridgehead atoms. The van der Waals surface area contributed by atoms with Crippen molar-refractivity contribution in [2.24, 2.45) is 0 Å². The summed E-state index contributed by atoms with van der Waals surface area (Å²) in [6.45, 7) is 0.559. The average Bonchev–Trinajstić information content (AvgIpc) is 3.65. The maximum Gasteiger partial charge on any atom is 0.265 e. The van der Waals surface area contributed by atoms with E-state index in [9.17, 15) is 25.9 Å². The molecule has 2 aromatic carbocycles. The number of aromatic nitrogens is 2. The van der Waals surface area contributed by atoms with Crippen LogP contribution in [0.4, 0.5) is 5.69 Å². The van der Waals surface area contributed by atoms with Crippen molar-refractivity contribution < 1.29 is 40.0 Å². The lowest BCUT2D eigenvalue weighted by atomic mass is 10.2. The Morgan fingerprint density at radius 1 is 0.929 bits per heavy atom. The molecule has 0 spiro atoms. The van der Waals surface area contributed by atoms with Crippen molar-refractivity contribution in [3.05, 3.63) is 64.9 Å². The molecule has 0 saturated heterocycles. The van der Waals surface area contributed by atoms with Crippen LogP contribution in [-0.4, -0.2) is 62.8 Å². The Balaban J connectivity index is 1.59. The van der Waals surface area contributed by atoms with E-state index in [0.717, 1.165) is 36.5 Å². The van der Waals surface area contributed by atoms with Crippen molar-refractivity contribution in [2.45, 2.75) is 24.3 Å². The molecular formula is C27H28N3O8S4-. The Labute approximate surface area is 252 Å². The Hall–Kier alpha value is -3.08. The van der Waals surface area contributed by atoms with Gasteiger partial charge in [-0.3, -0.25) is 0 Å². The van der Waals surface area contributed by atoms with E-state index < -0.39 is 31.7 Å². The molecule has 42 heavy (non-hydrogen) atoms. The molecule has 15 heteroatoms. The predicted molar refractivity (Wildman–Crippen MR) is 160 cm³/mol. The number of ether oxygens (including phenoxy) is 2. The summed E-state index contributed by atoms with van der Waals surface area (Å²) in [5, 5.41) is 1.60. The molecule has 4 aromatic rings. The standard InChI is InChI=1S/C27H29N3O8S4/c1-37-22-16-21-25(17-23(22)38-2)40-27(30(21)12-6-14-42(34,35)36)18-26-29(11-5-13-41(31,32)33)20-15-19(7-8-24(20)39-26)28-9-3-4-10-28/h3-4,7-10,15-18H,5-6,11-14H2,1-2H3,(H-,31,32,33,34,35,36)/p-1. The van der Waals surface area contributed by atoms with Gasteiger partial charge < -0.3 is 28.0 Å². The minimum absolute atomic E-state index is 0.117. The number of benzene rings is 2. The fourth-order valence-corrected chi connectivity index (χ4v) is 8.05. The normalized spacial score (nSPS) is 14.6. The van der Waals surface area contributed by atoms with Crippen molar-refractivity contribution >= 4 is 65.3 Å². The first-order valence-corrected chi connectivity index (χ1v) is 17.6. The molecule has 11 nitrogen and oxygen atoms in total. The first-order valence-electron chi connectivity index (χ1n) is 12.9. The highest BCUT2D eigenvalue weighted by Gasteiger charge is 2.29. The van der Waals surface area contributed by atoms with Gasteiger partial charge in [-0.1, -0.05) is 23.1 Å². The summed E-state index contributed by atoms with van der Waals surface area (Å²) in [5.74, 6) is 0.0622. The third-order valence-electron chi connectivity index (χ3n) is 6.65. The van der Waals surface area contributed by atoms with Gasteiger partial charge in [-0.15, -0.1) is 0 Å². The molecule has 0 aliphatic carbocycles. The van der Waals surface area contributed by atoms with Crippen molar-refractivity contribution in [2.75, 3.05) is 37.2 Å². The minimum Gasteiger partial charge on any atom is -0.748 e. The van der Waals surface area contributed by atoms with E-state index in [1.54, 1.807) is 7.11 Å². The number of hydrogen-bond donors (Lipinski definition) is 0. The van der Waals surface area contributed by atoms with Crippen molar-refractivity contribution in [1.29, 1.82) is 0 Å². The van der Waals surface area contributed by atoms with Gasteiger partial charge in [-0.25, -0.2) is 16.8 Å². The lowest BCUT2D eigenvalue weighted by molar-refractivity contribution is -0.668. The quantitative estimate of drug-likeness (QED) is 0.164. The van der Waals surface area contributed by atoms with Gasteiger partial charge in [0.25, 0.3) is 5.01 Å². The summed E-state index contributed by atoms with van der Waals surface area (Å²) in [5.41, 5.74) is 2.60. The molecule has 1 aliphatic heterocycles. The number of hydrogen-bond acceptors (Lipinski definition) is 11. The molecule has 0 unspecified atom stereocenters. The highest BCUT2D eigenvalue weighted by molar-refractivity contribution is 8.04. The van der Waals surface area contributed by atoms with Crippen LogP contribution < -0.4 is 18.9 Å². The summed E-state index contributed by atoms with van der Waals surface area (Å²) >= 11 is 2.97. The van der Waals surface area contributed by atoms with E-state index in [-0.39, 0.29) is 19.4 Å². The van der Waals surface area contributed by atoms with Gasteiger partial charge in [-0.05, 0) is 36.8 Å². The van der Waals surface area contributed by atoms with Gasteiger partial charge in [0.1, 0.15) is 4.70 Å². The first kappa shape index (κ1) is 30.4. The van der Waals surface area contributed by atoms with Crippen LogP contribution in [-0.2, 0) is 26.8 Å². The molecule has 224 valence electrons. The lowest BCUT2D eigenvalue weighted by Crippen LogP contribution is -2.36. The van der Waals surface area contributed by atoms with E-state index in [4.69, 9.17) is 9.47 Å². The molecule has 3 heterocycles. The first-order chi connectivity index (χ1) is 20.0. The molecule has 0 N–H and O–H groups in total.